The quantitative estimate of drug-likeness (QED) is 0.0128. The first-order valence-corrected chi connectivity index (χ1v) is 43.2. The molecule has 0 bridgehead atoms. The molecule has 0 amide bonds. The van der Waals surface area contributed by atoms with Gasteiger partial charge in [-0.05, 0) is 128 Å². The molecule has 582 valence electrons. The van der Waals surface area contributed by atoms with Gasteiger partial charge < -0.3 is 33.8 Å². The van der Waals surface area contributed by atoms with Crippen LogP contribution >= 0.6 is 15.6 Å². The maximum Gasteiger partial charge on any atom is 0.472 e. The van der Waals surface area contributed by atoms with Crippen molar-refractivity contribution in [3.8, 4) is 0 Å². The summed E-state index contributed by atoms with van der Waals surface area (Å²) in [7, 11) is -9.96. The largest absolute Gasteiger partial charge is 0.472 e. The van der Waals surface area contributed by atoms with Crippen molar-refractivity contribution in [2.75, 3.05) is 39.6 Å². The fourth-order valence-electron chi connectivity index (χ4n) is 11.0. The van der Waals surface area contributed by atoms with E-state index in [-0.39, 0.29) is 25.7 Å². The minimum absolute atomic E-state index is 0.0781. The molecule has 0 radical (unpaired) electrons. The third-order valence-electron chi connectivity index (χ3n) is 17.2. The van der Waals surface area contributed by atoms with Crippen LogP contribution in [0, 0.1) is 0 Å². The maximum atomic E-state index is 13.1. The highest BCUT2D eigenvalue weighted by molar-refractivity contribution is 7.47. The maximum absolute atomic E-state index is 13.1. The molecule has 17 nitrogen and oxygen atoms in total. The molecule has 0 heterocycles. The van der Waals surface area contributed by atoms with Crippen LogP contribution in [0.25, 0.3) is 0 Å². The molecular formula is C81H146O17P2. The minimum atomic E-state index is -4.98. The Morgan fingerprint density at radius 2 is 0.490 bits per heavy atom. The van der Waals surface area contributed by atoms with Crippen LogP contribution in [-0.4, -0.2) is 96.7 Å². The number of unbranched alkanes of at least 4 members (excludes halogenated alkanes) is 40. The summed E-state index contributed by atoms with van der Waals surface area (Å²) >= 11 is 0. The second kappa shape index (κ2) is 73.8. The number of phosphoric ester groups is 2. The number of carbonyl (C=O) groups is 4. The lowest BCUT2D eigenvalue weighted by atomic mass is 10.1. The van der Waals surface area contributed by atoms with E-state index in [4.69, 9.17) is 37.0 Å². The molecule has 0 fully saturated rings. The van der Waals surface area contributed by atoms with Gasteiger partial charge in [-0.1, -0.05) is 280 Å². The van der Waals surface area contributed by atoms with Gasteiger partial charge >= 0.3 is 39.5 Å². The normalized spacial score (nSPS) is 14.3. The molecule has 0 saturated heterocycles. The minimum Gasteiger partial charge on any atom is -0.462 e. The Morgan fingerprint density at radius 3 is 0.760 bits per heavy atom. The van der Waals surface area contributed by atoms with Gasteiger partial charge in [0.15, 0.2) is 12.2 Å². The van der Waals surface area contributed by atoms with Crippen LogP contribution in [0.2, 0.25) is 0 Å². The van der Waals surface area contributed by atoms with Crippen LogP contribution in [0.4, 0.5) is 0 Å². The first-order valence-electron chi connectivity index (χ1n) is 40.2. The number of rotatable bonds is 76. The van der Waals surface area contributed by atoms with Gasteiger partial charge in [-0.2, -0.15) is 0 Å². The highest BCUT2D eigenvalue weighted by atomic mass is 31.2. The fourth-order valence-corrected chi connectivity index (χ4v) is 12.5. The molecule has 0 saturated carbocycles. The lowest BCUT2D eigenvalue weighted by Crippen LogP contribution is -2.30. The van der Waals surface area contributed by atoms with E-state index in [1.807, 2.05) is 0 Å². The molecule has 0 rings (SSSR count). The third kappa shape index (κ3) is 72.8. The van der Waals surface area contributed by atoms with Gasteiger partial charge in [0, 0.05) is 25.7 Å². The Morgan fingerprint density at radius 1 is 0.280 bits per heavy atom. The zero-order valence-electron chi connectivity index (χ0n) is 63.6. The number of esters is 4. The number of allylic oxidation sites excluding steroid dienone is 12. The van der Waals surface area contributed by atoms with Gasteiger partial charge in [0.1, 0.15) is 19.3 Å². The second-order valence-electron chi connectivity index (χ2n) is 27.1. The van der Waals surface area contributed by atoms with E-state index in [2.05, 4.69) is 101 Å². The summed E-state index contributed by atoms with van der Waals surface area (Å²) in [6.45, 7) is 4.83. The second-order valence-corrected chi connectivity index (χ2v) is 30.0. The SMILES string of the molecule is CCCCCC/C=C\C=C/CCCCCCCC(=O)OC[C@H](COP(=O)(O)OC[C@@H](O)COP(=O)(O)OC[C@@H](COC(=O)CCCCCCC/C=C\CCCCCCCC)OC(=O)CCCCCCC/C=C\C=C/CCCCCC)OC(=O)CCCCCCC/C=C\CCCCCCCC. The van der Waals surface area contributed by atoms with Crippen LogP contribution in [-0.2, 0) is 65.4 Å². The van der Waals surface area contributed by atoms with Gasteiger partial charge in [-0.3, -0.25) is 37.3 Å². The molecule has 0 aliphatic heterocycles. The van der Waals surface area contributed by atoms with E-state index in [1.54, 1.807) is 0 Å². The molecule has 5 atom stereocenters. The fraction of sp³-hybridized carbons (Fsp3) is 0.802. The van der Waals surface area contributed by atoms with E-state index in [1.165, 1.54) is 128 Å². The number of hydrogen-bond acceptors (Lipinski definition) is 15. The van der Waals surface area contributed by atoms with Gasteiger partial charge in [0.05, 0.1) is 26.4 Å². The Kier molecular flexibility index (Phi) is 71.2. The molecule has 0 aromatic heterocycles. The first-order chi connectivity index (χ1) is 48.7. The molecule has 0 aliphatic rings. The molecule has 0 aromatic rings. The Balaban J connectivity index is 5.37. The highest BCUT2D eigenvalue weighted by Crippen LogP contribution is 2.45. The lowest BCUT2D eigenvalue weighted by molar-refractivity contribution is -0.161. The Hall–Kier alpha value is -3.50. The van der Waals surface area contributed by atoms with Crippen molar-refractivity contribution >= 4 is 39.5 Å². The lowest BCUT2D eigenvalue weighted by Gasteiger charge is -2.21. The molecular weight excluding hydrogens is 1310 g/mol. The highest BCUT2D eigenvalue weighted by Gasteiger charge is 2.30. The molecule has 0 spiro atoms. The van der Waals surface area contributed by atoms with Crippen LogP contribution in [0.1, 0.15) is 362 Å². The van der Waals surface area contributed by atoms with Crippen LogP contribution < -0.4 is 0 Å². The Labute approximate surface area is 609 Å². The standard InChI is InChI=1S/C81H146O17P2/c1-5-9-13-17-21-25-29-33-37-41-45-49-53-57-61-65-78(83)91-71-76(97-80(85)67-63-59-55-51-47-43-39-35-31-27-23-19-15-11-7-3)73-95-99(87,88)93-69-75(82)70-94-100(89,90)96-74-77(98-81(86)68-64-60-56-52-48-44-40-36-32-28-24-20-16-12-8-4)72-92-79(84)66-62-58-54-50-46-42-38-34-30-26-22-18-14-10-6-2/h25,28-29,32-40,75-77,82H,5-24,26-27,30-31,41-74H2,1-4H3,(H,87,88)(H,89,90)/b29-25-,32-28-,37-33-,38-34-,39-35-,40-36-/t75-,76-,77-/m1/s1. The van der Waals surface area contributed by atoms with Crippen LogP contribution in [0.15, 0.2) is 72.9 Å². The summed E-state index contributed by atoms with van der Waals surface area (Å²) in [5.41, 5.74) is 0. The molecule has 100 heavy (non-hydrogen) atoms. The van der Waals surface area contributed by atoms with Gasteiger partial charge in [-0.25, -0.2) is 9.13 Å². The average molecular weight is 1450 g/mol. The van der Waals surface area contributed by atoms with E-state index < -0.39 is 97.5 Å². The summed E-state index contributed by atoms with van der Waals surface area (Å²) in [6.07, 6.45) is 74.4. The predicted molar refractivity (Wildman–Crippen MR) is 409 cm³/mol. The van der Waals surface area contributed by atoms with E-state index in [0.717, 1.165) is 154 Å². The van der Waals surface area contributed by atoms with Crippen LogP contribution in [0.5, 0.6) is 0 Å². The van der Waals surface area contributed by atoms with Crippen LogP contribution in [0.3, 0.4) is 0 Å². The summed E-state index contributed by atoms with van der Waals surface area (Å²) in [4.78, 5) is 73.0. The average Bonchev–Trinajstić information content (AvgIpc) is 1.01. The topological polar surface area (TPSA) is 237 Å². The molecule has 0 aromatic carbocycles. The van der Waals surface area contributed by atoms with Crippen molar-refractivity contribution in [1.29, 1.82) is 0 Å². The van der Waals surface area contributed by atoms with Crippen molar-refractivity contribution in [3.63, 3.8) is 0 Å². The summed E-state index contributed by atoms with van der Waals surface area (Å²) < 4.78 is 68.6. The van der Waals surface area contributed by atoms with Crippen molar-refractivity contribution in [1.82, 2.24) is 0 Å². The zero-order valence-corrected chi connectivity index (χ0v) is 65.4. The number of ether oxygens (including phenoxy) is 4. The number of aliphatic hydroxyl groups excluding tert-OH is 1. The zero-order chi connectivity index (χ0) is 73.2. The van der Waals surface area contributed by atoms with E-state index in [0.29, 0.717) is 25.7 Å². The number of carbonyl (C=O) groups excluding carboxylic acids is 4. The Bertz CT molecular complexity index is 2180. The number of phosphoric acid groups is 2. The molecule has 2 unspecified atom stereocenters. The third-order valence-corrected chi connectivity index (χ3v) is 19.1. The van der Waals surface area contributed by atoms with E-state index in [9.17, 15) is 43.2 Å². The van der Waals surface area contributed by atoms with Crippen molar-refractivity contribution in [2.24, 2.45) is 0 Å². The molecule has 19 heteroatoms. The first kappa shape index (κ1) is 96.5. The van der Waals surface area contributed by atoms with Gasteiger partial charge in [-0.15, -0.1) is 0 Å². The molecule has 3 N–H and O–H groups in total. The summed E-state index contributed by atoms with van der Waals surface area (Å²) in [6, 6.07) is 0. The smallest absolute Gasteiger partial charge is 0.462 e. The van der Waals surface area contributed by atoms with Gasteiger partial charge in [0.2, 0.25) is 0 Å². The van der Waals surface area contributed by atoms with Crippen molar-refractivity contribution < 1.29 is 80.2 Å². The van der Waals surface area contributed by atoms with Crippen molar-refractivity contribution in [2.45, 2.75) is 380 Å². The summed E-state index contributed by atoms with van der Waals surface area (Å²) in [5.74, 6) is -2.20. The molecule has 0 aliphatic carbocycles. The number of hydrogen-bond donors (Lipinski definition) is 3. The van der Waals surface area contributed by atoms with Crippen molar-refractivity contribution in [3.05, 3.63) is 72.9 Å². The predicted octanol–water partition coefficient (Wildman–Crippen LogP) is 23.2. The van der Waals surface area contributed by atoms with E-state index >= 15 is 0 Å². The summed E-state index contributed by atoms with van der Waals surface area (Å²) in [5, 5.41) is 10.6. The van der Waals surface area contributed by atoms with Gasteiger partial charge in [0.25, 0.3) is 0 Å². The number of aliphatic hydroxyl groups is 1. The monoisotopic (exact) mass is 1450 g/mol.